The number of carbonyl (C=O) groups is 1. The fourth-order valence-electron chi connectivity index (χ4n) is 1.22. The molecule has 0 aliphatic rings. The SMILES string of the molecule is O=C(O)CCCc1cccccc[nH]c1. The zero-order valence-corrected chi connectivity index (χ0v) is 8.52. The highest BCUT2D eigenvalue weighted by molar-refractivity contribution is 5.66. The van der Waals surface area contributed by atoms with Crippen molar-refractivity contribution in [1.82, 2.24) is 4.98 Å². The molecule has 1 heterocycles. The number of aliphatic carboxylic acids is 1. The lowest BCUT2D eigenvalue weighted by molar-refractivity contribution is -0.137. The van der Waals surface area contributed by atoms with Crippen LogP contribution in [0.3, 0.4) is 0 Å². The topological polar surface area (TPSA) is 53.1 Å². The second-order valence-corrected chi connectivity index (χ2v) is 3.24. The van der Waals surface area contributed by atoms with Crippen LogP contribution in [0.25, 0.3) is 0 Å². The van der Waals surface area contributed by atoms with Crippen LogP contribution in [0, 0.1) is 0 Å². The van der Waals surface area contributed by atoms with E-state index in [-0.39, 0.29) is 6.42 Å². The third-order valence-electron chi connectivity index (χ3n) is 1.96. The second kappa shape index (κ2) is 6.65. The summed E-state index contributed by atoms with van der Waals surface area (Å²) in [4.78, 5) is 13.4. The molecule has 0 bridgehead atoms. The molecule has 1 aromatic rings. The van der Waals surface area contributed by atoms with Crippen molar-refractivity contribution in [3.8, 4) is 0 Å². The summed E-state index contributed by atoms with van der Waals surface area (Å²) >= 11 is 0. The highest BCUT2D eigenvalue weighted by Gasteiger charge is 1.96. The van der Waals surface area contributed by atoms with Crippen molar-refractivity contribution in [2.75, 3.05) is 0 Å². The molecule has 3 heteroatoms. The molecule has 0 saturated heterocycles. The molecular weight excluding hydrogens is 190 g/mol. The maximum absolute atomic E-state index is 10.3. The smallest absolute Gasteiger partial charge is 0.303 e. The Morgan fingerprint density at radius 3 is 2.87 bits per heavy atom. The van der Waals surface area contributed by atoms with E-state index in [1.54, 1.807) is 0 Å². The minimum absolute atomic E-state index is 0.219. The summed E-state index contributed by atoms with van der Waals surface area (Å²) in [6, 6.07) is 9.70. The monoisotopic (exact) mass is 205 g/mol. The van der Waals surface area contributed by atoms with Crippen LogP contribution in [0.5, 0.6) is 0 Å². The molecule has 1 aromatic heterocycles. The van der Waals surface area contributed by atoms with Crippen LogP contribution in [0.4, 0.5) is 0 Å². The van der Waals surface area contributed by atoms with Crippen LogP contribution in [-0.2, 0) is 11.2 Å². The normalized spacial score (nSPS) is 9.33. The number of hydrogen-bond acceptors (Lipinski definition) is 1. The number of aromatic amines is 1. The molecule has 0 aliphatic carbocycles. The molecule has 0 spiro atoms. The fraction of sp³-hybridized carbons (Fsp3) is 0.250. The highest BCUT2D eigenvalue weighted by atomic mass is 16.4. The van der Waals surface area contributed by atoms with Gasteiger partial charge in [-0.15, -0.1) is 0 Å². The van der Waals surface area contributed by atoms with E-state index in [2.05, 4.69) is 4.98 Å². The number of carboxylic acids is 1. The number of aryl methyl sites for hydroxylation is 1. The van der Waals surface area contributed by atoms with Crippen LogP contribution < -0.4 is 0 Å². The maximum atomic E-state index is 10.3. The van der Waals surface area contributed by atoms with E-state index in [0.717, 1.165) is 12.0 Å². The summed E-state index contributed by atoms with van der Waals surface area (Å²) in [7, 11) is 0. The number of H-pyrrole nitrogens is 1. The van der Waals surface area contributed by atoms with E-state index >= 15 is 0 Å². The van der Waals surface area contributed by atoms with Crippen LogP contribution in [-0.4, -0.2) is 16.1 Å². The van der Waals surface area contributed by atoms with Gasteiger partial charge in [0.25, 0.3) is 0 Å². The molecule has 0 amide bonds. The van der Waals surface area contributed by atoms with Gasteiger partial charge >= 0.3 is 5.97 Å². The first kappa shape index (κ1) is 11.3. The molecule has 0 unspecified atom stereocenters. The number of carboxylic acid groups (broad SMARTS) is 1. The van der Waals surface area contributed by atoms with Gasteiger partial charge in [0.05, 0.1) is 0 Å². The Balaban J connectivity index is 2.62. The lowest BCUT2D eigenvalue weighted by Crippen LogP contribution is -1.95. The van der Waals surface area contributed by atoms with E-state index < -0.39 is 5.97 Å². The van der Waals surface area contributed by atoms with Crippen molar-refractivity contribution in [3.63, 3.8) is 0 Å². The number of nitrogens with one attached hydrogen (secondary N) is 1. The van der Waals surface area contributed by atoms with Gasteiger partial charge in [-0.05, 0) is 24.5 Å². The first-order valence-electron chi connectivity index (χ1n) is 4.96. The summed E-state index contributed by atoms with van der Waals surface area (Å²) in [5.41, 5.74) is 1.10. The molecule has 1 rings (SSSR count). The fourth-order valence-corrected chi connectivity index (χ4v) is 1.22. The quantitative estimate of drug-likeness (QED) is 0.793. The van der Waals surface area contributed by atoms with Crippen molar-refractivity contribution in [2.24, 2.45) is 0 Å². The minimum Gasteiger partial charge on any atom is -0.481 e. The molecule has 0 aliphatic heterocycles. The first-order chi connectivity index (χ1) is 7.29. The third-order valence-corrected chi connectivity index (χ3v) is 1.96. The van der Waals surface area contributed by atoms with E-state index in [0.29, 0.717) is 6.42 Å². The first-order valence-corrected chi connectivity index (χ1v) is 4.96. The Hall–Kier alpha value is -1.77. The molecule has 2 N–H and O–H groups in total. The molecular formula is C12H15NO2. The van der Waals surface area contributed by atoms with Crippen molar-refractivity contribution in [2.45, 2.75) is 19.3 Å². The van der Waals surface area contributed by atoms with E-state index in [4.69, 9.17) is 5.11 Å². The summed E-state index contributed by atoms with van der Waals surface area (Å²) in [5, 5.41) is 8.51. The van der Waals surface area contributed by atoms with Gasteiger partial charge in [0.1, 0.15) is 0 Å². The second-order valence-electron chi connectivity index (χ2n) is 3.24. The lowest BCUT2D eigenvalue weighted by atomic mass is 10.1. The van der Waals surface area contributed by atoms with Gasteiger partial charge in [0.2, 0.25) is 0 Å². The third kappa shape index (κ3) is 5.52. The molecule has 0 aromatic carbocycles. The van der Waals surface area contributed by atoms with Crippen molar-refractivity contribution >= 4 is 5.97 Å². The number of aromatic nitrogens is 1. The van der Waals surface area contributed by atoms with Crippen LogP contribution >= 0.6 is 0 Å². The number of rotatable bonds is 4. The zero-order valence-electron chi connectivity index (χ0n) is 8.52. The Kier molecular flexibility index (Phi) is 5.01. The summed E-state index contributed by atoms with van der Waals surface area (Å²) in [6.45, 7) is 0. The van der Waals surface area contributed by atoms with Gasteiger partial charge in [-0.1, -0.05) is 24.3 Å². The highest BCUT2D eigenvalue weighted by Crippen LogP contribution is 2.01. The predicted octanol–water partition coefficient (Wildman–Crippen LogP) is 2.55. The largest absolute Gasteiger partial charge is 0.481 e. The Morgan fingerprint density at radius 1 is 1.27 bits per heavy atom. The average Bonchev–Trinajstić information content (AvgIpc) is 2.31. The van der Waals surface area contributed by atoms with Crippen LogP contribution in [0.15, 0.2) is 42.7 Å². The zero-order chi connectivity index (χ0) is 10.9. The van der Waals surface area contributed by atoms with E-state index in [9.17, 15) is 4.79 Å². The van der Waals surface area contributed by atoms with Gasteiger partial charge in [-0.25, -0.2) is 0 Å². The van der Waals surface area contributed by atoms with Crippen LogP contribution in [0.1, 0.15) is 18.4 Å². The van der Waals surface area contributed by atoms with E-state index in [1.165, 1.54) is 0 Å². The molecule has 0 fully saturated rings. The number of hydrogen-bond donors (Lipinski definition) is 2. The molecule has 0 atom stereocenters. The Morgan fingerprint density at radius 2 is 2.07 bits per heavy atom. The molecule has 0 radical (unpaired) electrons. The summed E-state index contributed by atoms with van der Waals surface area (Å²) < 4.78 is 0. The van der Waals surface area contributed by atoms with Gasteiger partial charge in [-0.3, -0.25) is 4.79 Å². The van der Waals surface area contributed by atoms with Crippen molar-refractivity contribution in [1.29, 1.82) is 0 Å². The lowest BCUT2D eigenvalue weighted by Gasteiger charge is -1.95. The molecule has 3 nitrogen and oxygen atoms in total. The average molecular weight is 205 g/mol. The van der Waals surface area contributed by atoms with Gasteiger partial charge in [-0.2, -0.15) is 0 Å². The Bertz CT molecular complexity index is 332. The van der Waals surface area contributed by atoms with Gasteiger partial charge < -0.3 is 10.1 Å². The van der Waals surface area contributed by atoms with Gasteiger partial charge in [0.15, 0.2) is 0 Å². The summed E-state index contributed by atoms with van der Waals surface area (Å²) in [6.07, 6.45) is 5.39. The molecule has 0 saturated carbocycles. The standard InChI is InChI=1S/C12H15NO2/c14-12(15)8-5-7-11-6-3-1-2-4-9-13-10-11/h1-4,6,9-10,13H,5,7-8H2,(H,14,15). The maximum Gasteiger partial charge on any atom is 0.303 e. The van der Waals surface area contributed by atoms with Crippen LogP contribution in [0.2, 0.25) is 0 Å². The molecule has 15 heavy (non-hydrogen) atoms. The van der Waals surface area contributed by atoms with Gasteiger partial charge in [0, 0.05) is 18.8 Å². The van der Waals surface area contributed by atoms with Crippen molar-refractivity contribution in [3.05, 3.63) is 48.3 Å². The Labute approximate surface area is 89.1 Å². The molecule has 80 valence electrons. The minimum atomic E-state index is -0.740. The van der Waals surface area contributed by atoms with E-state index in [1.807, 2.05) is 42.7 Å². The summed E-state index contributed by atoms with van der Waals surface area (Å²) in [5.74, 6) is -0.740. The predicted molar refractivity (Wildman–Crippen MR) is 59.0 cm³/mol. The van der Waals surface area contributed by atoms with Crippen molar-refractivity contribution < 1.29 is 9.90 Å².